The summed E-state index contributed by atoms with van der Waals surface area (Å²) < 4.78 is 47.0. The second-order valence-electron chi connectivity index (χ2n) is 7.78. The first-order valence-corrected chi connectivity index (χ1v) is 10.3. The van der Waals surface area contributed by atoms with E-state index >= 15 is 0 Å². The number of anilines is 3. The Morgan fingerprint density at radius 1 is 1.29 bits per heavy atom. The number of aromatic amines is 1. The van der Waals surface area contributed by atoms with E-state index in [4.69, 9.17) is 4.74 Å². The molecular weight excluding hydrogens is 453 g/mol. The van der Waals surface area contributed by atoms with Gasteiger partial charge < -0.3 is 20.4 Å². The molecule has 0 saturated heterocycles. The van der Waals surface area contributed by atoms with E-state index in [0.717, 1.165) is 0 Å². The van der Waals surface area contributed by atoms with Gasteiger partial charge in [0.2, 0.25) is 5.91 Å². The van der Waals surface area contributed by atoms with Crippen molar-refractivity contribution in [3.05, 3.63) is 36.4 Å². The number of ether oxygens (including phenoxy) is 1. The number of aryl methyl sites for hydroxylation is 1. The largest absolute Gasteiger partial charge is 0.494 e. The molecule has 0 radical (unpaired) electrons. The minimum atomic E-state index is -2.85. The highest BCUT2D eigenvalue weighted by Gasteiger charge is 2.43. The zero-order valence-corrected chi connectivity index (χ0v) is 18.0. The van der Waals surface area contributed by atoms with Crippen LogP contribution in [-0.2, 0) is 11.8 Å². The van der Waals surface area contributed by atoms with Crippen molar-refractivity contribution in [1.29, 1.82) is 0 Å². The number of carbonyl (C=O) groups excluding carboxylic acids is 1. The number of carbonyl (C=O) groups is 1. The van der Waals surface area contributed by atoms with Gasteiger partial charge in [-0.15, -0.1) is 0 Å². The lowest BCUT2D eigenvalue weighted by Gasteiger charge is -2.15. The highest BCUT2D eigenvalue weighted by atomic mass is 19.3. The van der Waals surface area contributed by atoms with E-state index in [2.05, 4.69) is 35.7 Å². The molecule has 34 heavy (non-hydrogen) atoms. The quantitative estimate of drug-likeness (QED) is 0.374. The van der Waals surface area contributed by atoms with Crippen LogP contribution in [0.4, 0.5) is 30.4 Å². The second-order valence-corrected chi connectivity index (χ2v) is 7.78. The van der Waals surface area contributed by atoms with Gasteiger partial charge in [-0.05, 0) is 18.6 Å². The van der Waals surface area contributed by atoms with E-state index in [9.17, 15) is 18.0 Å². The Kier molecular flexibility index (Phi) is 5.30. The van der Waals surface area contributed by atoms with Crippen molar-refractivity contribution in [2.75, 3.05) is 17.7 Å². The molecule has 13 heteroatoms. The smallest absolute Gasteiger partial charge is 0.295 e. The zero-order chi connectivity index (χ0) is 24.0. The Morgan fingerprint density at radius 2 is 2.09 bits per heavy atom. The van der Waals surface area contributed by atoms with Crippen molar-refractivity contribution in [3.63, 3.8) is 0 Å². The summed E-state index contributed by atoms with van der Waals surface area (Å²) >= 11 is 0. The number of hydrogen-bond donors (Lipinski definition) is 3. The number of hydrogen-bond acceptors (Lipinski definition) is 7. The molecule has 10 nitrogen and oxygen atoms in total. The molecule has 3 aromatic heterocycles. The van der Waals surface area contributed by atoms with Crippen LogP contribution in [0.2, 0.25) is 0 Å². The average Bonchev–Trinajstić information content (AvgIpc) is 3.18. The van der Waals surface area contributed by atoms with E-state index in [1.54, 1.807) is 36.3 Å². The molecule has 1 saturated carbocycles. The summed E-state index contributed by atoms with van der Waals surface area (Å²) in [7, 11) is 3.22. The van der Waals surface area contributed by atoms with E-state index < -0.39 is 30.2 Å². The minimum absolute atomic E-state index is 0.0321. The van der Waals surface area contributed by atoms with Crippen molar-refractivity contribution in [1.82, 2.24) is 29.7 Å². The lowest BCUT2D eigenvalue weighted by Crippen LogP contribution is -2.16. The molecule has 1 aromatic carbocycles. The molecule has 0 spiro atoms. The third-order valence-corrected chi connectivity index (χ3v) is 5.31. The van der Waals surface area contributed by atoms with Crippen LogP contribution < -0.4 is 15.4 Å². The number of para-hydroxylation sites is 1. The molecule has 176 valence electrons. The standard InChI is InChI=1S/C21H19F3N8O2/c1-32-8-25-18(31-32)9-4-3-5-12(16(9)34-2)26-13-7-14(28-21(33)10-6-11(10)22)27-19-15(13)29-20(30-19)17(23)24/h3-5,7-8,10-11,17H,6H2,1-2H3,(H3,26,27,28,29,30,33)/t10?,11-/m0/s1. The maximum absolute atomic E-state index is 13.3. The number of pyridine rings is 1. The first-order valence-electron chi connectivity index (χ1n) is 10.3. The van der Waals surface area contributed by atoms with Gasteiger partial charge in [-0.2, -0.15) is 5.10 Å². The number of fused-ring (bicyclic) bond motifs is 1. The maximum Gasteiger partial charge on any atom is 0.295 e. The SMILES string of the molecule is COc1c(Nc2cc(NC(=O)C3C[C@@H]3F)nc3[nH]c(C(F)F)nc23)cccc1-c1ncn(C)n1. The number of imidazole rings is 1. The van der Waals surface area contributed by atoms with Crippen LogP contribution in [0.25, 0.3) is 22.6 Å². The number of alkyl halides is 3. The maximum atomic E-state index is 13.3. The summed E-state index contributed by atoms with van der Waals surface area (Å²) in [5.74, 6) is -0.939. The van der Waals surface area contributed by atoms with Crippen molar-refractivity contribution in [2.24, 2.45) is 13.0 Å². The van der Waals surface area contributed by atoms with Gasteiger partial charge in [-0.3, -0.25) is 9.48 Å². The number of nitrogens with one attached hydrogen (secondary N) is 3. The monoisotopic (exact) mass is 472 g/mol. The van der Waals surface area contributed by atoms with Gasteiger partial charge >= 0.3 is 0 Å². The minimum Gasteiger partial charge on any atom is -0.494 e. The Hall–Kier alpha value is -4.16. The molecule has 1 aliphatic carbocycles. The second kappa shape index (κ2) is 8.32. The third-order valence-electron chi connectivity index (χ3n) is 5.31. The number of halogens is 3. The Labute approximate surface area is 190 Å². The first-order chi connectivity index (χ1) is 16.3. The normalized spacial score (nSPS) is 17.2. The fourth-order valence-corrected chi connectivity index (χ4v) is 3.56. The van der Waals surface area contributed by atoms with E-state index in [-0.39, 0.29) is 29.1 Å². The lowest BCUT2D eigenvalue weighted by atomic mass is 10.1. The van der Waals surface area contributed by atoms with Crippen LogP contribution in [0.1, 0.15) is 18.7 Å². The number of aromatic nitrogens is 6. The Balaban J connectivity index is 1.56. The van der Waals surface area contributed by atoms with E-state index in [1.165, 1.54) is 13.2 Å². The molecule has 4 aromatic rings. The van der Waals surface area contributed by atoms with Crippen LogP contribution in [0.3, 0.4) is 0 Å². The predicted octanol–water partition coefficient (Wildman–Crippen LogP) is 3.74. The van der Waals surface area contributed by atoms with Crippen molar-refractivity contribution in [2.45, 2.75) is 19.0 Å². The van der Waals surface area contributed by atoms with Crippen LogP contribution in [0.15, 0.2) is 30.6 Å². The summed E-state index contributed by atoms with van der Waals surface area (Å²) in [6.45, 7) is 0. The number of nitrogens with zero attached hydrogens (tertiary/aromatic N) is 5. The molecule has 1 unspecified atom stereocenters. The fraction of sp³-hybridized carbons (Fsp3) is 0.286. The van der Waals surface area contributed by atoms with E-state index in [0.29, 0.717) is 22.8 Å². The zero-order valence-electron chi connectivity index (χ0n) is 18.0. The number of amides is 1. The van der Waals surface area contributed by atoms with Gasteiger partial charge in [0, 0.05) is 13.1 Å². The fourth-order valence-electron chi connectivity index (χ4n) is 3.56. The summed E-state index contributed by atoms with van der Waals surface area (Å²) in [4.78, 5) is 27.0. The van der Waals surface area contributed by atoms with Crippen LogP contribution >= 0.6 is 0 Å². The van der Waals surface area contributed by atoms with Crippen molar-refractivity contribution in [3.8, 4) is 17.1 Å². The van der Waals surface area contributed by atoms with Gasteiger partial charge in [-0.1, -0.05) is 6.07 Å². The molecule has 5 rings (SSSR count). The Morgan fingerprint density at radius 3 is 2.74 bits per heavy atom. The first kappa shape index (κ1) is 21.7. The third kappa shape index (κ3) is 4.00. The molecule has 0 bridgehead atoms. The predicted molar refractivity (Wildman–Crippen MR) is 117 cm³/mol. The summed E-state index contributed by atoms with van der Waals surface area (Å²) in [5.41, 5.74) is 1.52. The van der Waals surface area contributed by atoms with E-state index in [1.807, 2.05) is 0 Å². The number of rotatable bonds is 7. The molecule has 1 aliphatic rings. The lowest BCUT2D eigenvalue weighted by molar-refractivity contribution is -0.117. The van der Waals surface area contributed by atoms with Gasteiger partial charge in [0.25, 0.3) is 6.43 Å². The highest BCUT2D eigenvalue weighted by molar-refractivity contribution is 5.98. The van der Waals surface area contributed by atoms with Crippen LogP contribution in [-0.4, -0.2) is 48.9 Å². The number of benzene rings is 1. The number of methoxy groups -OCH3 is 1. The van der Waals surface area contributed by atoms with Gasteiger partial charge in [0.1, 0.15) is 23.8 Å². The van der Waals surface area contributed by atoms with Gasteiger partial charge in [-0.25, -0.2) is 28.1 Å². The van der Waals surface area contributed by atoms with Gasteiger partial charge in [0.05, 0.1) is 30.0 Å². The molecule has 0 aliphatic heterocycles. The molecule has 3 heterocycles. The highest BCUT2D eigenvalue weighted by Crippen LogP contribution is 2.39. The molecule has 2 atom stereocenters. The average molecular weight is 472 g/mol. The summed E-state index contributed by atoms with van der Waals surface area (Å²) in [5, 5.41) is 9.96. The number of H-pyrrole nitrogens is 1. The molecule has 3 N–H and O–H groups in total. The van der Waals surface area contributed by atoms with Crippen molar-refractivity contribution < 1.29 is 22.7 Å². The Bertz CT molecular complexity index is 1390. The van der Waals surface area contributed by atoms with Crippen LogP contribution in [0.5, 0.6) is 5.75 Å². The topological polar surface area (TPSA) is 123 Å². The van der Waals surface area contributed by atoms with Gasteiger partial charge in [0.15, 0.2) is 23.0 Å². The molecule has 1 amide bonds. The summed E-state index contributed by atoms with van der Waals surface area (Å²) in [6, 6.07) is 6.69. The molecule has 1 fully saturated rings. The molecular formula is C21H19F3N8O2. The summed E-state index contributed by atoms with van der Waals surface area (Å²) in [6.07, 6.45) is -2.35. The van der Waals surface area contributed by atoms with Crippen LogP contribution in [0, 0.1) is 5.92 Å². The van der Waals surface area contributed by atoms with Crippen molar-refractivity contribution >= 4 is 34.3 Å².